The van der Waals surface area contributed by atoms with Crippen LogP contribution in [0, 0.1) is 48.5 Å². The van der Waals surface area contributed by atoms with Crippen LogP contribution in [0.15, 0.2) is 170 Å². The number of fused-ring (bicyclic) bond motifs is 6. The number of halogens is 2. The molecule has 1 aliphatic rings. The van der Waals surface area contributed by atoms with Crippen LogP contribution in [-0.2, 0) is 14.1 Å². The number of imidazole rings is 2. The van der Waals surface area contributed by atoms with Gasteiger partial charge < -0.3 is 22.7 Å². The number of nitrogens with zero attached hydrogens (tertiary/aromatic N) is 12. The molecule has 0 bridgehead atoms. The third kappa shape index (κ3) is 12.4. The van der Waals surface area contributed by atoms with Gasteiger partial charge >= 0.3 is 6.29 Å². The quantitative estimate of drug-likeness (QED) is 0.144. The topological polar surface area (TPSA) is 145 Å². The molecule has 10 aromatic heterocycles. The van der Waals surface area contributed by atoms with Gasteiger partial charge in [0.25, 0.3) is 0 Å². The number of hydrogen-bond acceptors (Lipinski definition) is 10. The van der Waals surface area contributed by atoms with Gasteiger partial charge in [0.15, 0.2) is 17.1 Å². The summed E-state index contributed by atoms with van der Waals surface area (Å²) >= 11 is 0. The Kier molecular flexibility index (Phi) is 15.7. The zero-order valence-corrected chi connectivity index (χ0v) is 40.4. The van der Waals surface area contributed by atoms with E-state index in [1.54, 1.807) is 42.4 Å². The van der Waals surface area contributed by atoms with Gasteiger partial charge in [0, 0.05) is 79.1 Å². The molecule has 1 aliphatic heterocycles. The molecular weight excluding hydrogens is 891 g/mol. The highest BCUT2D eigenvalue weighted by molar-refractivity contribution is 5.78. The Bertz CT molecular complexity index is 3480. The molecule has 12 aromatic rings. The van der Waals surface area contributed by atoms with Crippen molar-refractivity contribution in [1.29, 1.82) is 0 Å². The molecule has 70 heavy (non-hydrogen) atoms. The normalized spacial score (nSPS) is 11.7. The molecule has 2 aromatic carbocycles. The number of alkyl halides is 2. The van der Waals surface area contributed by atoms with Crippen molar-refractivity contribution in [3.8, 4) is 11.5 Å². The van der Waals surface area contributed by atoms with Gasteiger partial charge in [-0.05, 0) is 119 Å². The zero-order valence-electron chi connectivity index (χ0n) is 40.4. The number of aryl methyl sites for hydroxylation is 9. The molecule has 11 heterocycles. The molecule has 0 radical (unpaired) electrons. The van der Waals surface area contributed by atoms with Gasteiger partial charge in [-0.2, -0.15) is 15.3 Å². The third-order valence-electron chi connectivity index (χ3n) is 10.9. The molecule has 0 amide bonds. The molecule has 0 saturated carbocycles. The van der Waals surface area contributed by atoms with Gasteiger partial charge in [0.2, 0.25) is 0 Å². The lowest BCUT2D eigenvalue weighted by Crippen LogP contribution is -2.26. The van der Waals surface area contributed by atoms with Gasteiger partial charge in [-0.15, -0.1) is 8.78 Å². The molecule has 15 nitrogen and oxygen atoms in total. The number of pyridine rings is 4. The molecule has 0 saturated heterocycles. The molecule has 0 atom stereocenters. The van der Waals surface area contributed by atoms with Crippen LogP contribution in [-0.4, -0.2) is 64.2 Å². The lowest BCUT2D eigenvalue weighted by atomic mass is 10.2. The minimum atomic E-state index is -3.51. The number of ether oxygens (including phenoxy) is 2. The average molecular weight is 945 g/mol. The Hall–Kier alpha value is -8.73. The summed E-state index contributed by atoms with van der Waals surface area (Å²) < 4.78 is 47.8. The maximum atomic E-state index is 12.5. The summed E-state index contributed by atoms with van der Waals surface area (Å²) in [6.07, 6.45) is 16.5. The molecule has 17 heteroatoms. The standard InChI is InChI=1S/C9H10N2.C8H6F2O2.C8H9N3.2C8H8N2.C7H7N3.C5H6O/c1-7-3-4-9-10-5-6-11(9)8(7)2;1-5-3-2-4-6-7(5)12-8(9,10)11-6;1-6-3-8-7(4-9-6)5-10-11(8)2;1-10-8-5-3-2-4-7(8)6-9-10;1-7-6-9-8-4-2-3-5-10(7)8;1-6-3-2-4-10-7(6)8-5-9-10;1-5-2-3-6-4-5/h3-6H,1-2H3;2-4H,1H3;3-5H,1-2H3;2*2-6H,1H3;2-5H,1H3;2-4H,1H3. The van der Waals surface area contributed by atoms with E-state index in [0.29, 0.717) is 5.56 Å². The summed E-state index contributed by atoms with van der Waals surface area (Å²) in [6.45, 7) is 13.9. The van der Waals surface area contributed by atoms with E-state index in [0.717, 1.165) is 39.1 Å². The fraction of sp³-hybridized carbons (Fsp3) is 0.189. The highest BCUT2D eigenvalue weighted by atomic mass is 19.3. The third-order valence-corrected chi connectivity index (χ3v) is 10.9. The second-order valence-electron chi connectivity index (χ2n) is 16.2. The number of benzene rings is 2. The van der Waals surface area contributed by atoms with Crippen LogP contribution >= 0.6 is 0 Å². The Balaban J connectivity index is 0.000000121. The van der Waals surface area contributed by atoms with Crippen LogP contribution in [0.4, 0.5) is 8.78 Å². The van der Waals surface area contributed by atoms with Crippen LogP contribution in [0.2, 0.25) is 0 Å². The summed E-state index contributed by atoms with van der Waals surface area (Å²) in [5.74, 6) is 0.225. The van der Waals surface area contributed by atoms with Crippen molar-refractivity contribution in [3.05, 3.63) is 205 Å². The van der Waals surface area contributed by atoms with Gasteiger partial charge in [0.1, 0.15) is 17.6 Å². The van der Waals surface area contributed by atoms with Crippen molar-refractivity contribution in [2.24, 2.45) is 14.1 Å². The Morgan fingerprint density at radius 2 is 1.30 bits per heavy atom. The van der Waals surface area contributed by atoms with Gasteiger partial charge in [0.05, 0.1) is 36.0 Å². The predicted molar refractivity (Wildman–Crippen MR) is 267 cm³/mol. The van der Waals surface area contributed by atoms with Crippen molar-refractivity contribution >= 4 is 38.7 Å². The summed E-state index contributed by atoms with van der Waals surface area (Å²) in [4.78, 5) is 16.6. The maximum Gasteiger partial charge on any atom is 0.586 e. The first-order chi connectivity index (χ1) is 33.7. The highest BCUT2D eigenvalue weighted by Crippen LogP contribution is 2.42. The first-order valence-corrected chi connectivity index (χ1v) is 22.2. The van der Waals surface area contributed by atoms with E-state index in [2.05, 4.69) is 85.6 Å². The first-order valence-electron chi connectivity index (χ1n) is 22.2. The molecule has 0 fully saturated rings. The molecule has 358 valence electrons. The number of hydrogen-bond donors (Lipinski definition) is 0. The largest absolute Gasteiger partial charge is 0.586 e. The second-order valence-corrected chi connectivity index (χ2v) is 16.2. The van der Waals surface area contributed by atoms with Crippen molar-refractivity contribution < 1.29 is 22.7 Å². The summed E-state index contributed by atoms with van der Waals surface area (Å²) in [5.41, 5.74) is 13.0. The molecule has 0 unspecified atom stereocenters. The first kappa shape index (κ1) is 49.2. The molecule has 0 spiro atoms. The van der Waals surface area contributed by atoms with Crippen LogP contribution in [0.3, 0.4) is 0 Å². The number of rotatable bonds is 0. The number of furan rings is 1. The van der Waals surface area contributed by atoms with Crippen LogP contribution in [0.25, 0.3) is 38.7 Å². The molecular formula is C53H54F2N12O3. The Morgan fingerprint density at radius 3 is 2.01 bits per heavy atom. The smallest absolute Gasteiger partial charge is 0.472 e. The van der Waals surface area contributed by atoms with Crippen molar-refractivity contribution in [1.82, 2.24) is 57.9 Å². The van der Waals surface area contributed by atoms with Crippen LogP contribution < -0.4 is 9.47 Å². The highest BCUT2D eigenvalue weighted by Gasteiger charge is 2.43. The summed E-state index contributed by atoms with van der Waals surface area (Å²) in [5, 5.41) is 14.5. The van der Waals surface area contributed by atoms with E-state index in [4.69, 9.17) is 4.42 Å². The summed E-state index contributed by atoms with van der Waals surface area (Å²) in [7, 11) is 3.88. The van der Waals surface area contributed by atoms with Gasteiger partial charge in [-0.3, -0.25) is 14.3 Å². The van der Waals surface area contributed by atoms with E-state index in [1.165, 1.54) is 39.5 Å². The van der Waals surface area contributed by atoms with Crippen molar-refractivity contribution in [3.63, 3.8) is 0 Å². The lowest BCUT2D eigenvalue weighted by molar-refractivity contribution is -0.286. The van der Waals surface area contributed by atoms with Gasteiger partial charge in [-0.25, -0.2) is 19.5 Å². The predicted octanol–water partition coefficient (Wildman–Crippen LogP) is 11.4. The maximum absolute atomic E-state index is 12.5. The minimum absolute atomic E-state index is 0.0972. The van der Waals surface area contributed by atoms with E-state index < -0.39 is 6.29 Å². The lowest BCUT2D eigenvalue weighted by Gasteiger charge is -2.04. The SMILES string of the molecule is Cc1cc2c(cn1)cnn2C.Cc1ccc2nccn2c1C.Cc1cccc2c1OC(F)(F)O2.Cc1cccn2ncnc12.Cc1ccoc1.Cc1cnc2ccccn12.Cn1ncc2ccccc21. The average Bonchev–Trinajstić information content (AvgIpc) is 4.24. The second kappa shape index (κ2) is 22.4. The van der Waals surface area contributed by atoms with Crippen molar-refractivity contribution in [2.75, 3.05) is 0 Å². The van der Waals surface area contributed by atoms with Gasteiger partial charge in [-0.1, -0.05) is 48.5 Å². The van der Waals surface area contributed by atoms with Crippen LogP contribution in [0.5, 0.6) is 11.5 Å². The minimum Gasteiger partial charge on any atom is -0.472 e. The van der Waals surface area contributed by atoms with E-state index in [-0.39, 0.29) is 11.5 Å². The fourth-order valence-electron chi connectivity index (χ4n) is 6.96. The summed E-state index contributed by atoms with van der Waals surface area (Å²) in [6, 6.07) is 30.9. The van der Waals surface area contributed by atoms with E-state index in [9.17, 15) is 8.78 Å². The monoisotopic (exact) mass is 944 g/mol. The van der Waals surface area contributed by atoms with Crippen molar-refractivity contribution in [2.45, 2.75) is 54.8 Å². The van der Waals surface area contributed by atoms with E-state index in [1.807, 2.05) is 161 Å². The molecule has 0 N–H and O–H groups in total. The number of para-hydroxylation sites is 2. The van der Waals surface area contributed by atoms with Crippen LogP contribution in [0.1, 0.15) is 39.3 Å². The molecule has 0 aliphatic carbocycles. The molecule has 13 rings (SSSR count). The fourth-order valence-corrected chi connectivity index (χ4v) is 6.96. The Labute approximate surface area is 403 Å². The van der Waals surface area contributed by atoms with E-state index >= 15 is 0 Å². The Morgan fingerprint density at radius 1 is 0.557 bits per heavy atom. The number of aromatic nitrogens is 12. The zero-order chi connectivity index (χ0) is 49.8.